The van der Waals surface area contributed by atoms with E-state index < -0.39 is 4.92 Å². The molecular weight excluding hydrogens is 310 g/mol. The van der Waals surface area contributed by atoms with Crippen molar-refractivity contribution < 1.29 is 9.34 Å². The molecule has 1 aromatic heterocycles. The Labute approximate surface area is 116 Å². The van der Waals surface area contributed by atoms with Gasteiger partial charge in [0.05, 0.1) is 10.3 Å². The number of nitro groups is 1. The van der Waals surface area contributed by atoms with E-state index in [0.29, 0.717) is 16.7 Å². The second-order valence-electron chi connectivity index (χ2n) is 4.06. The number of non-ortho nitro benzene ring substituents is 1. The van der Waals surface area contributed by atoms with Crippen molar-refractivity contribution in [1.29, 1.82) is 0 Å². The van der Waals surface area contributed by atoms with Gasteiger partial charge in [-0.05, 0) is 24.3 Å². The Morgan fingerprint density at radius 2 is 1.84 bits per heavy atom. The minimum Gasteiger partial charge on any atom is -0.456 e. The van der Waals surface area contributed by atoms with Crippen LogP contribution in [0, 0.1) is 10.1 Å². The molecule has 2 aromatic carbocycles. The predicted molar refractivity (Wildman–Crippen MR) is 76.0 cm³/mol. The zero-order chi connectivity index (χ0) is 13.4. The third-order valence-corrected chi connectivity index (χ3v) is 3.39. The number of fused-ring (bicyclic) bond motifs is 1. The largest absolute Gasteiger partial charge is 0.456 e. The third kappa shape index (κ3) is 2.13. The molecule has 0 atom stereocenters. The van der Waals surface area contributed by atoms with Gasteiger partial charge in [0.2, 0.25) is 0 Å². The van der Waals surface area contributed by atoms with E-state index in [1.54, 1.807) is 18.2 Å². The topological polar surface area (TPSA) is 56.3 Å². The van der Waals surface area contributed by atoms with Crippen LogP contribution in [0.4, 0.5) is 5.69 Å². The summed E-state index contributed by atoms with van der Waals surface area (Å²) in [6.45, 7) is 0. The fourth-order valence-electron chi connectivity index (χ4n) is 1.96. The van der Waals surface area contributed by atoms with Gasteiger partial charge in [-0.3, -0.25) is 10.1 Å². The SMILES string of the molecule is O=[N+]([O-])c1cccc2oc(-c3ccc(Br)cc3)cc12. The maximum atomic E-state index is 11.0. The summed E-state index contributed by atoms with van der Waals surface area (Å²) < 4.78 is 6.64. The highest BCUT2D eigenvalue weighted by atomic mass is 79.9. The second kappa shape index (κ2) is 4.51. The minimum absolute atomic E-state index is 0.0598. The number of rotatable bonds is 2. The maximum Gasteiger partial charge on any atom is 0.280 e. The molecule has 1 heterocycles. The monoisotopic (exact) mass is 317 g/mol. The summed E-state index contributed by atoms with van der Waals surface area (Å²) in [7, 11) is 0. The van der Waals surface area contributed by atoms with E-state index in [0.717, 1.165) is 10.0 Å². The highest BCUT2D eigenvalue weighted by molar-refractivity contribution is 9.10. The minimum atomic E-state index is -0.400. The Balaban J connectivity index is 2.19. The Morgan fingerprint density at radius 3 is 2.53 bits per heavy atom. The molecule has 0 fully saturated rings. The molecule has 0 bridgehead atoms. The number of benzene rings is 2. The van der Waals surface area contributed by atoms with Gasteiger partial charge in [-0.2, -0.15) is 0 Å². The van der Waals surface area contributed by atoms with E-state index in [1.165, 1.54) is 6.07 Å². The summed E-state index contributed by atoms with van der Waals surface area (Å²) in [5, 5.41) is 11.5. The Kier molecular flexibility index (Phi) is 2.83. The molecule has 5 heteroatoms. The van der Waals surface area contributed by atoms with Crippen LogP contribution in [-0.2, 0) is 0 Å². The molecule has 0 saturated carbocycles. The van der Waals surface area contributed by atoms with Crippen molar-refractivity contribution in [3.8, 4) is 11.3 Å². The summed E-state index contributed by atoms with van der Waals surface area (Å²) in [6, 6.07) is 14.1. The van der Waals surface area contributed by atoms with Crippen molar-refractivity contribution in [2.75, 3.05) is 0 Å². The highest BCUT2D eigenvalue weighted by Crippen LogP contribution is 2.33. The number of furan rings is 1. The summed E-state index contributed by atoms with van der Waals surface area (Å²) in [4.78, 5) is 10.6. The van der Waals surface area contributed by atoms with Crippen LogP contribution >= 0.6 is 15.9 Å². The molecule has 0 aliphatic heterocycles. The lowest BCUT2D eigenvalue weighted by Gasteiger charge is -1.95. The van der Waals surface area contributed by atoms with E-state index in [9.17, 15) is 10.1 Å². The molecule has 3 rings (SSSR count). The van der Waals surface area contributed by atoms with Crippen LogP contribution < -0.4 is 0 Å². The fraction of sp³-hybridized carbons (Fsp3) is 0. The Morgan fingerprint density at radius 1 is 1.11 bits per heavy atom. The molecule has 94 valence electrons. The van der Waals surface area contributed by atoms with Gasteiger partial charge in [0, 0.05) is 16.1 Å². The summed E-state index contributed by atoms with van der Waals surface area (Å²) >= 11 is 3.36. The van der Waals surface area contributed by atoms with Gasteiger partial charge in [0.25, 0.3) is 5.69 Å². The standard InChI is InChI=1S/C14H8BrNO3/c15-10-6-4-9(5-7-10)14-8-11-12(16(17)18)2-1-3-13(11)19-14/h1-8H. The van der Waals surface area contributed by atoms with Gasteiger partial charge in [-0.15, -0.1) is 0 Å². The molecule has 0 unspecified atom stereocenters. The molecule has 0 amide bonds. The van der Waals surface area contributed by atoms with Crippen LogP contribution in [-0.4, -0.2) is 4.92 Å². The van der Waals surface area contributed by atoms with Gasteiger partial charge in [-0.1, -0.05) is 34.1 Å². The van der Waals surface area contributed by atoms with Crippen LogP contribution in [0.3, 0.4) is 0 Å². The summed E-state index contributed by atoms with van der Waals surface area (Å²) in [5.74, 6) is 0.622. The van der Waals surface area contributed by atoms with Crippen LogP contribution in [0.25, 0.3) is 22.3 Å². The quantitative estimate of drug-likeness (QED) is 0.505. The highest BCUT2D eigenvalue weighted by Gasteiger charge is 2.16. The molecule has 0 aliphatic carbocycles. The first-order valence-electron chi connectivity index (χ1n) is 5.58. The number of hydrogen-bond acceptors (Lipinski definition) is 3. The van der Waals surface area contributed by atoms with Crippen LogP contribution in [0.5, 0.6) is 0 Å². The average Bonchev–Trinajstić information content (AvgIpc) is 2.82. The van der Waals surface area contributed by atoms with Crippen LogP contribution in [0.2, 0.25) is 0 Å². The van der Waals surface area contributed by atoms with Gasteiger partial charge >= 0.3 is 0 Å². The molecule has 0 radical (unpaired) electrons. The zero-order valence-corrected chi connectivity index (χ0v) is 11.3. The fourth-order valence-corrected chi connectivity index (χ4v) is 2.23. The van der Waals surface area contributed by atoms with Crippen LogP contribution in [0.15, 0.2) is 57.4 Å². The Hall–Kier alpha value is -2.14. The molecule has 19 heavy (non-hydrogen) atoms. The average molecular weight is 318 g/mol. The van der Waals surface area contributed by atoms with Gasteiger partial charge in [-0.25, -0.2) is 0 Å². The summed E-state index contributed by atoms with van der Waals surface area (Å²) in [6.07, 6.45) is 0. The van der Waals surface area contributed by atoms with Gasteiger partial charge in [0.1, 0.15) is 11.3 Å². The molecule has 0 saturated heterocycles. The number of halogens is 1. The molecule has 0 aliphatic rings. The molecule has 3 aromatic rings. The van der Waals surface area contributed by atoms with E-state index in [-0.39, 0.29) is 5.69 Å². The van der Waals surface area contributed by atoms with Crippen molar-refractivity contribution in [2.45, 2.75) is 0 Å². The van der Waals surface area contributed by atoms with E-state index >= 15 is 0 Å². The lowest BCUT2D eigenvalue weighted by Crippen LogP contribution is -1.86. The first-order chi connectivity index (χ1) is 9.15. The van der Waals surface area contributed by atoms with Crippen molar-refractivity contribution in [2.24, 2.45) is 0 Å². The maximum absolute atomic E-state index is 11.0. The number of hydrogen-bond donors (Lipinski definition) is 0. The molecule has 0 spiro atoms. The molecule has 0 N–H and O–H groups in total. The van der Waals surface area contributed by atoms with Crippen molar-refractivity contribution in [3.63, 3.8) is 0 Å². The van der Waals surface area contributed by atoms with Crippen molar-refractivity contribution >= 4 is 32.6 Å². The normalized spacial score (nSPS) is 10.8. The number of nitrogens with zero attached hydrogens (tertiary/aromatic N) is 1. The van der Waals surface area contributed by atoms with E-state index in [4.69, 9.17) is 4.42 Å². The predicted octanol–water partition coefficient (Wildman–Crippen LogP) is 4.77. The van der Waals surface area contributed by atoms with Crippen molar-refractivity contribution in [1.82, 2.24) is 0 Å². The van der Waals surface area contributed by atoms with Crippen molar-refractivity contribution in [3.05, 3.63) is 63.1 Å². The van der Waals surface area contributed by atoms with E-state index in [1.807, 2.05) is 24.3 Å². The van der Waals surface area contributed by atoms with Crippen LogP contribution in [0.1, 0.15) is 0 Å². The van der Waals surface area contributed by atoms with Gasteiger partial charge < -0.3 is 4.42 Å². The zero-order valence-electron chi connectivity index (χ0n) is 9.67. The first kappa shape index (κ1) is 11.9. The smallest absolute Gasteiger partial charge is 0.280 e. The Bertz CT molecular complexity index is 762. The third-order valence-electron chi connectivity index (χ3n) is 2.86. The first-order valence-corrected chi connectivity index (χ1v) is 6.37. The second-order valence-corrected chi connectivity index (χ2v) is 4.98. The number of nitro benzene ring substituents is 1. The summed E-state index contributed by atoms with van der Waals surface area (Å²) in [5.41, 5.74) is 1.46. The van der Waals surface area contributed by atoms with E-state index in [2.05, 4.69) is 15.9 Å². The lowest BCUT2D eigenvalue weighted by atomic mass is 10.1. The lowest BCUT2D eigenvalue weighted by molar-refractivity contribution is -0.383. The molecule has 4 nitrogen and oxygen atoms in total. The van der Waals surface area contributed by atoms with Gasteiger partial charge in [0.15, 0.2) is 0 Å². The molecular formula is C14H8BrNO3.